The molecule has 1 unspecified atom stereocenters. The summed E-state index contributed by atoms with van der Waals surface area (Å²) in [5.41, 5.74) is 2.64. The van der Waals surface area contributed by atoms with Crippen LogP contribution in [0.5, 0.6) is 5.75 Å². The van der Waals surface area contributed by atoms with Gasteiger partial charge in [-0.2, -0.15) is 0 Å². The molecule has 0 radical (unpaired) electrons. The van der Waals surface area contributed by atoms with E-state index in [4.69, 9.17) is 4.74 Å². The van der Waals surface area contributed by atoms with Crippen molar-refractivity contribution in [3.8, 4) is 5.75 Å². The van der Waals surface area contributed by atoms with E-state index in [2.05, 4.69) is 64.6 Å². The maximum absolute atomic E-state index is 5.26. The van der Waals surface area contributed by atoms with Gasteiger partial charge in [-0.15, -0.1) is 0 Å². The van der Waals surface area contributed by atoms with Crippen molar-refractivity contribution in [3.05, 3.63) is 64.1 Å². The van der Waals surface area contributed by atoms with E-state index in [0.29, 0.717) is 6.04 Å². The number of nitrogens with one attached hydrogen (secondary N) is 1. The summed E-state index contributed by atoms with van der Waals surface area (Å²) in [4.78, 5) is 0. The minimum Gasteiger partial charge on any atom is -0.497 e. The van der Waals surface area contributed by atoms with E-state index in [9.17, 15) is 0 Å². The van der Waals surface area contributed by atoms with E-state index < -0.39 is 0 Å². The molecule has 3 heteroatoms. The SMILES string of the molecule is CCC(NCCc1cccc(OC)c1)c1ccc(Br)cc1. The van der Waals surface area contributed by atoms with Crippen LogP contribution in [0.3, 0.4) is 0 Å². The van der Waals surface area contributed by atoms with Crippen LogP contribution in [0, 0.1) is 0 Å². The molecule has 1 atom stereocenters. The zero-order valence-electron chi connectivity index (χ0n) is 12.6. The smallest absolute Gasteiger partial charge is 0.119 e. The van der Waals surface area contributed by atoms with Crippen LogP contribution in [0.25, 0.3) is 0 Å². The first kappa shape index (κ1) is 16.1. The predicted octanol–water partition coefficient (Wildman–Crippen LogP) is 4.74. The van der Waals surface area contributed by atoms with Gasteiger partial charge in [-0.3, -0.25) is 0 Å². The van der Waals surface area contributed by atoms with Crippen molar-refractivity contribution < 1.29 is 4.74 Å². The maximum atomic E-state index is 5.26. The van der Waals surface area contributed by atoms with Crippen LogP contribution >= 0.6 is 15.9 Å². The van der Waals surface area contributed by atoms with E-state index >= 15 is 0 Å². The highest BCUT2D eigenvalue weighted by molar-refractivity contribution is 9.10. The van der Waals surface area contributed by atoms with Crippen molar-refractivity contribution in [1.29, 1.82) is 0 Å². The molecule has 0 heterocycles. The molecule has 0 spiro atoms. The van der Waals surface area contributed by atoms with Crippen LogP contribution < -0.4 is 10.1 Å². The molecule has 2 nitrogen and oxygen atoms in total. The van der Waals surface area contributed by atoms with Gasteiger partial charge in [-0.1, -0.05) is 47.1 Å². The quantitative estimate of drug-likeness (QED) is 0.780. The summed E-state index contributed by atoms with van der Waals surface area (Å²) in [6.07, 6.45) is 2.09. The van der Waals surface area contributed by atoms with Crippen molar-refractivity contribution in [2.45, 2.75) is 25.8 Å². The molecule has 2 aromatic carbocycles. The Morgan fingerprint density at radius 2 is 1.90 bits per heavy atom. The average molecular weight is 348 g/mol. The molecule has 0 aliphatic rings. The molecule has 21 heavy (non-hydrogen) atoms. The summed E-state index contributed by atoms with van der Waals surface area (Å²) >= 11 is 3.48. The Morgan fingerprint density at radius 1 is 1.14 bits per heavy atom. The standard InChI is InChI=1S/C18H22BrNO/c1-3-18(15-7-9-16(19)10-8-15)20-12-11-14-5-4-6-17(13-14)21-2/h4-10,13,18,20H,3,11-12H2,1-2H3. The Morgan fingerprint density at radius 3 is 2.57 bits per heavy atom. The highest BCUT2D eigenvalue weighted by Crippen LogP contribution is 2.19. The lowest BCUT2D eigenvalue weighted by molar-refractivity contribution is 0.414. The summed E-state index contributed by atoms with van der Waals surface area (Å²) in [6.45, 7) is 3.17. The Labute approximate surface area is 135 Å². The third-order valence-electron chi connectivity index (χ3n) is 3.62. The molecule has 2 rings (SSSR count). The largest absolute Gasteiger partial charge is 0.497 e. The first-order valence-electron chi connectivity index (χ1n) is 7.34. The van der Waals surface area contributed by atoms with Crippen molar-refractivity contribution >= 4 is 15.9 Å². The number of rotatable bonds is 7. The van der Waals surface area contributed by atoms with Crippen molar-refractivity contribution in [2.24, 2.45) is 0 Å². The molecule has 0 bridgehead atoms. The van der Waals surface area contributed by atoms with Crippen LogP contribution in [0.4, 0.5) is 0 Å². The molecule has 0 saturated carbocycles. The fraction of sp³-hybridized carbons (Fsp3) is 0.333. The molecule has 0 aliphatic carbocycles. The summed E-state index contributed by atoms with van der Waals surface area (Å²) < 4.78 is 6.38. The van der Waals surface area contributed by atoms with Crippen LogP contribution in [0.2, 0.25) is 0 Å². The molecule has 112 valence electrons. The second-order valence-electron chi connectivity index (χ2n) is 5.07. The second kappa shape index (κ2) is 8.20. The lowest BCUT2D eigenvalue weighted by Crippen LogP contribution is -2.23. The minimum absolute atomic E-state index is 0.406. The van der Waals surface area contributed by atoms with Crippen molar-refractivity contribution in [1.82, 2.24) is 5.32 Å². The Kier molecular flexibility index (Phi) is 6.27. The van der Waals surface area contributed by atoms with Crippen molar-refractivity contribution in [3.63, 3.8) is 0 Å². The summed E-state index contributed by atoms with van der Waals surface area (Å²) in [7, 11) is 1.71. The zero-order chi connectivity index (χ0) is 15.1. The Balaban J connectivity index is 1.89. The first-order chi connectivity index (χ1) is 10.2. The first-order valence-corrected chi connectivity index (χ1v) is 8.14. The highest BCUT2D eigenvalue weighted by atomic mass is 79.9. The molecular formula is C18H22BrNO. The number of hydrogen-bond acceptors (Lipinski definition) is 2. The lowest BCUT2D eigenvalue weighted by atomic mass is 10.0. The summed E-state index contributed by atoms with van der Waals surface area (Å²) in [5, 5.41) is 3.64. The molecule has 0 aromatic heterocycles. The van der Waals surface area contributed by atoms with Crippen LogP contribution in [0.1, 0.15) is 30.5 Å². The van der Waals surface area contributed by atoms with E-state index in [-0.39, 0.29) is 0 Å². The van der Waals surface area contributed by atoms with Gasteiger partial charge in [-0.05, 0) is 54.8 Å². The number of halogens is 1. The normalized spacial score (nSPS) is 12.1. The van der Waals surface area contributed by atoms with E-state index in [1.807, 2.05) is 12.1 Å². The molecule has 0 aliphatic heterocycles. The van der Waals surface area contributed by atoms with E-state index in [1.165, 1.54) is 11.1 Å². The van der Waals surface area contributed by atoms with Gasteiger partial charge >= 0.3 is 0 Å². The monoisotopic (exact) mass is 347 g/mol. The van der Waals surface area contributed by atoms with Gasteiger partial charge in [0.2, 0.25) is 0 Å². The van der Waals surface area contributed by atoms with Crippen LogP contribution in [0.15, 0.2) is 53.0 Å². The highest BCUT2D eigenvalue weighted by Gasteiger charge is 2.08. The Hall–Kier alpha value is -1.32. The molecule has 2 aromatic rings. The van der Waals surface area contributed by atoms with Gasteiger partial charge in [0.05, 0.1) is 7.11 Å². The average Bonchev–Trinajstić information content (AvgIpc) is 2.53. The number of ether oxygens (including phenoxy) is 1. The molecule has 0 amide bonds. The number of benzene rings is 2. The van der Waals surface area contributed by atoms with Gasteiger partial charge in [0.25, 0.3) is 0 Å². The molecule has 0 saturated heterocycles. The topological polar surface area (TPSA) is 21.3 Å². The van der Waals surface area contributed by atoms with Crippen LogP contribution in [-0.4, -0.2) is 13.7 Å². The van der Waals surface area contributed by atoms with Crippen molar-refractivity contribution in [2.75, 3.05) is 13.7 Å². The maximum Gasteiger partial charge on any atom is 0.119 e. The minimum atomic E-state index is 0.406. The fourth-order valence-corrected chi connectivity index (χ4v) is 2.68. The van der Waals surface area contributed by atoms with Gasteiger partial charge in [0, 0.05) is 10.5 Å². The third-order valence-corrected chi connectivity index (χ3v) is 4.15. The lowest BCUT2D eigenvalue weighted by Gasteiger charge is -2.17. The predicted molar refractivity (Wildman–Crippen MR) is 91.9 cm³/mol. The third kappa shape index (κ3) is 4.87. The summed E-state index contributed by atoms with van der Waals surface area (Å²) in [6, 6.07) is 17.2. The molecular weight excluding hydrogens is 326 g/mol. The zero-order valence-corrected chi connectivity index (χ0v) is 14.2. The van der Waals surface area contributed by atoms with Gasteiger partial charge < -0.3 is 10.1 Å². The fourth-order valence-electron chi connectivity index (χ4n) is 2.41. The van der Waals surface area contributed by atoms with Gasteiger partial charge in [0.1, 0.15) is 5.75 Å². The van der Waals surface area contributed by atoms with Crippen LogP contribution in [-0.2, 0) is 6.42 Å². The molecule has 1 N–H and O–H groups in total. The Bertz CT molecular complexity index is 553. The second-order valence-corrected chi connectivity index (χ2v) is 5.98. The van der Waals surface area contributed by atoms with Gasteiger partial charge in [-0.25, -0.2) is 0 Å². The number of methoxy groups -OCH3 is 1. The van der Waals surface area contributed by atoms with E-state index in [1.54, 1.807) is 7.11 Å². The number of hydrogen-bond donors (Lipinski definition) is 1. The van der Waals surface area contributed by atoms with Gasteiger partial charge in [0.15, 0.2) is 0 Å². The molecule has 0 fully saturated rings. The summed E-state index contributed by atoms with van der Waals surface area (Å²) in [5.74, 6) is 0.924. The van der Waals surface area contributed by atoms with E-state index in [0.717, 1.165) is 29.6 Å².